The van der Waals surface area contributed by atoms with Gasteiger partial charge in [0.2, 0.25) is 0 Å². The number of nitrogens with two attached hydrogens (primary N) is 1. The van der Waals surface area contributed by atoms with Crippen LogP contribution in [-0.4, -0.2) is 22.5 Å². The van der Waals surface area contributed by atoms with E-state index in [1.165, 1.54) is 18.6 Å². The van der Waals surface area contributed by atoms with Crippen molar-refractivity contribution in [1.29, 1.82) is 0 Å². The second-order valence-electron chi connectivity index (χ2n) is 3.97. The molecule has 15 heavy (non-hydrogen) atoms. The van der Waals surface area contributed by atoms with Crippen molar-refractivity contribution in [3.05, 3.63) is 17.8 Å². The normalized spacial score (nSPS) is 20.5. The fourth-order valence-corrected chi connectivity index (χ4v) is 2.96. The van der Waals surface area contributed by atoms with E-state index in [-0.39, 0.29) is 0 Å². The molecule has 1 fully saturated rings. The van der Waals surface area contributed by atoms with Crippen molar-refractivity contribution >= 4 is 23.3 Å². The molecule has 3 nitrogen and oxygen atoms in total. The van der Waals surface area contributed by atoms with Gasteiger partial charge in [0.05, 0.1) is 5.69 Å². The summed E-state index contributed by atoms with van der Waals surface area (Å²) in [5.41, 5.74) is 7.73. The van der Waals surface area contributed by atoms with Gasteiger partial charge in [-0.05, 0) is 37.1 Å². The second kappa shape index (κ2) is 4.75. The molecule has 1 aliphatic heterocycles. The maximum Gasteiger partial charge on any atom is 0.149 e. The molecule has 0 aromatic carbocycles. The van der Waals surface area contributed by atoms with Gasteiger partial charge >= 0.3 is 0 Å². The van der Waals surface area contributed by atoms with Crippen LogP contribution in [0.4, 0.5) is 11.5 Å². The lowest BCUT2D eigenvalue weighted by molar-refractivity contribution is 0.803. The van der Waals surface area contributed by atoms with Crippen LogP contribution in [0.1, 0.15) is 18.4 Å². The van der Waals surface area contributed by atoms with Crippen molar-refractivity contribution in [3.8, 4) is 0 Å². The van der Waals surface area contributed by atoms with Gasteiger partial charge in [-0.3, -0.25) is 0 Å². The van der Waals surface area contributed by atoms with Crippen LogP contribution in [0.25, 0.3) is 0 Å². The molecule has 0 radical (unpaired) electrons. The highest BCUT2D eigenvalue weighted by molar-refractivity contribution is 8.00. The van der Waals surface area contributed by atoms with Crippen LogP contribution in [-0.2, 0) is 0 Å². The fraction of sp³-hybridized carbons (Fsp3) is 0.545. The Bertz CT molecular complexity index is 335. The first-order chi connectivity index (χ1) is 7.25. The summed E-state index contributed by atoms with van der Waals surface area (Å²) in [6, 6.07) is 1.96. The smallest absolute Gasteiger partial charge is 0.149 e. The highest BCUT2D eigenvalue weighted by Crippen LogP contribution is 2.26. The van der Waals surface area contributed by atoms with E-state index in [0.717, 1.165) is 28.9 Å². The highest BCUT2D eigenvalue weighted by atomic mass is 32.2. The Morgan fingerprint density at radius 1 is 1.67 bits per heavy atom. The Kier molecular flexibility index (Phi) is 3.36. The molecule has 1 aromatic rings. The van der Waals surface area contributed by atoms with Crippen LogP contribution >= 0.6 is 11.8 Å². The first kappa shape index (κ1) is 10.6. The van der Waals surface area contributed by atoms with Gasteiger partial charge in [-0.2, -0.15) is 11.8 Å². The zero-order valence-electron chi connectivity index (χ0n) is 8.99. The molecule has 2 heterocycles. The molecular formula is C11H17N3S. The summed E-state index contributed by atoms with van der Waals surface area (Å²) in [4.78, 5) is 4.29. The minimum atomic E-state index is 0.729. The predicted molar refractivity (Wildman–Crippen MR) is 67.4 cm³/mol. The molecule has 1 unspecified atom stereocenters. The number of hydrogen-bond acceptors (Lipinski definition) is 4. The molecule has 1 saturated heterocycles. The summed E-state index contributed by atoms with van der Waals surface area (Å²) in [5, 5.41) is 4.05. The Hall–Kier alpha value is -0.900. The third-order valence-corrected chi connectivity index (χ3v) is 3.97. The molecule has 0 spiro atoms. The summed E-state index contributed by atoms with van der Waals surface area (Å²) in [5.74, 6) is 2.12. The Morgan fingerprint density at radius 2 is 2.53 bits per heavy atom. The quantitative estimate of drug-likeness (QED) is 0.825. The number of anilines is 2. The van der Waals surface area contributed by atoms with E-state index in [1.807, 2.05) is 30.9 Å². The monoisotopic (exact) mass is 223 g/mol. The Balaban J connectivity index is 1.92. The van der Waals surface area contributed by atoms with E-state index in [4.69, 9.17) is 5.73 Å². The lowest BCUT2D eigenvalue weighted by Gasteiger charge is -2.12. The van der Waals surface area contributed by atoms with Gasteiger partial charge < -0.3 is 11.1 Å². The molecule has 0 aliphatic carbocycles. The summed E-state index contributed by atoms with van der Waals surface area (Å²) < 4.78 is 0. The maximum absolute atomic E-state index is 5.87. The second-order valence-corrected chi connectivity index (χ2v) is 5.37. The van der Waals surface area contributed by atoms with Crippen LogP contribution in [0.5, 0.6) is 0 Å². The van der Waals surface area contributed by atoms with Crippen molar-refractivity contribution in [2.75, 3.05) is 23.3 Å². The van der Waals surface area contributed by atoms with Crippen LogP contribution in [0, 0.1) is 6.92 Å². The fourth-order valence-electron chi connectivity index (χ4n) is 1.76. The standard InChI is InChI=1S/C11H17N3S/c1-8-5-10(12)11(13-6-8)14-7-9-3-2-4-15-9/h5-6,9H,2-4,7,12H2,1H3,(H,13,14). The summed E-state index contributed by atoms with van der Waals surface area (Å²) in [6.07, 6.45) is 4.50. The Morgan fingerprint density at radius 3 is 3.20 bits per heavy atom. The maximum atomic E-state index is 5.87. The minimum absolute atomic E-state index is 0.729. The number of aryl methyl sites for hydroxylation is 1. The minimum Gasteiger partial charge on any atom is -0.396 e. The van der Waals surface area contributed by atoms with Crippen molar-refractivity contribution in [3.63, 3.8) is 0 Å². The van der Waals surface area contributed by atoms with Crippen LogP contribution in [0.2, 0.25) is 0 Å². The zero-order valence-corrected chi connectivity index (χ0v) is 9.81. The lowest BCUT2D eigenvalue weighted by atomic mass is 10.2. The number of rotatable bonds is 3. The molecule has 2 rings (SSSR count). The van der Waals surface area contributed by atoms with E-state index < -0.39 is 0 Å². The third kappa shape index (κ3) is 2.78. The molecular weight excluding hydrogens is 206 g/mol. The number of pyridine rings is 1. The lowest BCUT2D eigenvalue weighted by Crippen LogP contribution is -2.15. The van der Waals surface area contributed by atoms with Crippen molar-refractivity contribution in [1.82, 2.24) is 4.98 Å². The van der Waals surface area contributed by atoms with Gasteiger partial charge in [0.1, 0.15) is 5.82 Å². The number of nitrogen functional groups attached to an aromatic ring is 1. The predicted octanol–water partition coefficient (Wildman–Crippen LogP) is 2.28. The number of nitrogens with one attached hydrogen (secondary N) is 1. The molecule has 4 heteroatoms. The summed E-state index contributed by atoms with van der Waals surface area (Å²) in [6.45, 7) is 2.98. The molecule has 82 valence electrons. The number of thioether (sulfide) groups is 1. The average molecular weight is 223 g/mol. The van der Waals surface area contributed by atoms with Crippen LogP contribution in [0.15, 0.2) is 12.3 Å². The van der Waals surface area contributed by atoms with E-state index in [2.05, 4.69) is 10.3 Å². The molecule has 3 N–H and O–H groups in total. The highest BCUT2D eigenvalue weighted by Gasteiger charge is 2.15. The largest absolute Gasteiger partial charge is 0.396 e. The summed E-state index contributed by atoms with van der Waals surface area (Å²) >= 11 is 2.04. The summed E-state index contributed by atoms with van der Waals surface area (Å²) in [7, 11) is 0. The molecule has 1 atom stereocenters. The number of nitrogens with zero attached hydrogens (tertiary/aromatic N) is 1. The third-order valence-electron chi connectivity index (χ3n) is 2.58. The van der Waals surface area contributed by atoms with E-state index in [1.54, 1.807) is 0 Å². The van der Waals surface area contributed by atoms with Gasteiger partial charge in [-0.1, -0.05) is 0 Å². The first-order valence-electron chi connectivity index (χ1n) is 5.33. The van der Waals surface area contributed by atoms with Gasteiger partial charge in [0, 0.05) is 18.0 Å². The molecule has 0 bridgehead atoms. The molecule has 1 aliphatic rings. The van der Waals surface area contributed by atoms with Crippen molar-refractivity contribution < 1.29 is 0 Å². The van der Waals surface area contributed by atoms with Crippen molar-refractivity contribution in [2.24, 2.45) is 0 Å². The number of hydrogen-bond donors (Lipinski definition) is 2. The van der Waals surface area contributed by atoms with Gasteiger partial charge in [-0.25, -0.2) is 4.98 Å². The zero-order chi connectivity index (χ0) is 10.7. The van der Waals surface area contributed by atoms with Crippen LogP contribution in [0.3, 0.4) is 0 Å². The van der Waals surface area contributed by atoms with Gasteiger partial charge in [-0.15, -0.1) is 0 Å². The van der Waals surface area contributed by atoms with E-state index in [9.17, 15) is 0 Å². The molecule has 0 saturated carbocycles. The SMILES string of the molecule is Cc1cnc(NCC2CCCS2)c(N)c1. The van der Waals surface area contributed by atoms with Crippen LogP contribution < -0.4 is 11.1 Å². The van der Waals surface area contributed by atoms with Gasteiger partial charge in [0.25, 0.3) is 0 Å². The van der Waals surface area contributed by atoms with E-state index >= 15 is 0 Å². The molecule has 1 aromatic heterocycles. The van der Waals surface area contributed by atoms with Gasteiger partial charge in [0.15, 0.2) is 0 Å². The Labute approximate surface area is 94.8 Å². The first-order valence-corrected chi connectivity index (χ1v) is 6.38. The molecule has 0 amide bonds. The van der Waals surface area contributed by atoms with E-state index in [0.29, 0.717) is 0 Å². The average Bonchev–Trinajstić information content (AvgIpc) is 2.69. The van der Waals surface area contributed by atoms with Crippen molar-refractivity contribution in [2.45, 2.75) is 25.0 Å². The topological polar surface area (TPSA) is 50.9 Å². The number of aromatic nitrogens is 1.